The molecule has 0 spiro atoms. The van der Waals surface area contributed by atoms with Crippen LogP contribution in [0, 0.1) is 0 Å². The molecule has 0 bridgehead atoms. The highest BCUT2D eigenvalue weighted by atomic mass is 16.3. The lowest BCUT2D eigenvalue weighted by atomic mass is 10.0. The van der Waals surface area contributed by atoms with Crippen molar-refractivity contribution in [1.82, 2.24) is 0 Å². The lowest BCUT2D eigenvalue weighted by molar-refractivity contribution is 0.474. The highest BCUT2D eigenvalue weighted by Gasteiger charge is 2.13. The maximum absolute atomic E-state index is 10.6. The summed E-state index contributed by atoms with van der Waals surface area (Å²) in [5.41, 5.74) is 13.6. The quantitative estimate of drug-likeness (QED) is 0.0794. The third kappa shape index (κ3) is 11.6. The number of anilines is 5. The van der Waals surface area contributed by atoms with Crippen molar-refractivity contribution in [2.45, 2.75) is 53.4 Å². The van der Waals surface area contributed by atoms with Gasteiger partial charge in [0.15, 0.2) is 0 Å². The van der Waals surface area contributed by atoms with Gasteiger partial charge in [0.05, 0.1) is 11.4 Å². The zero-order chi connectivity index (χ0) is 44.0. The Morgan fingerprint density at radius 3 is 1.03 bits per heavy atom. The molecule has 320 valence electrons. The Hall–Kier alpha value is -7.12. The van der Waals surface area contributed by atoms with E-state index < -0.39 is 0 Å². The molecule has 63 heavy (non-hydrogen) atoms. The van der Waals surface area contributed by atoms with Gasteiger partial charge in [-0.1, -0.05) is 66.7 Å². The number of aryl methyl sites for hydroxylation is 4. The van der Waals surface area contributed by atoms with Gasteiger partial charge >= 0.3 is 0 Å². The van der Waals surface area contributed by atoms with Gasteiger partial charge in [-0.3, -0.25) is 9.98 Å². The number of hydrogen-bond acceptors (Lipinski definition) is 7. The van der Waals surface area contributed by atoms with Gasteiger partial charge in [-0.15, -0.1) is 0 Å². The van der Waals surface area contributed by atoms with Gasteiger partial charge in [0.1, 0.15) is 11.5 Å². The summed E-state index contributed by atoms with van der Waals surface area (Å²) in [5, 5.41) is 21.2. The molecular formula is C56H59N5O2. The fourth-order valence-electron chi connectivity index (χ4n) is 7.86. The fraction of sp³-hybridized carbons (Fsp3) is 0.214. The van der Waals surface area contributed by atoms with Gasteiger partial charge in [-0.2, -0.15) is 0 Å². The van der Waals surface area contributed by atoms with Crippen LogP contribution in [-0.4, -0.2) is 48.8 Å². The largest absolute Gasteiger partial charge is 0.507 e. The molecule has 7 aromatic carbocycles. The molecule has 0 saturated heterocycles. The van der Waals surface area contributed by atoms with Crippen molar-refractivity contribution in [2.24, 2.45) is 9.98 Å². The van der Waals surface area contributed by atoms with Crippen LogP contribution in [0.5, 0.6) is 11.5 Å². The van der Waals surface area contributed by atoms with Crippen LogP contribution in [0.25, 0.3) is 0 Å². The number of rotatable bonds is 19. The first kappa shape index (κ1) is 44.0. The highest BCUT2D eigenvalue weighted by Crippen LogP contribution is 2.35. The lowest BCUT2D eigenvalue weighted by Crippen LogP contribution is -2.21. The van der Waals surface area contributed by atoms with Crippen LogP contribution in [-0.2, 0) is 25.7 Å². The summed E-state index contributed by atoms with van der Waals surface area (Å²) < 4.78 is 0. The van der Waals surface area contributed by atoms with Gasteiger partial charge in [0.25, 0.3) is 0 Å². The van der Waals surface area contributed by atoms with E-state index in [1.54, 1.807) is 12.4 Å². The van der Waals surface area contributed by atoms with Gasteiger partial charge in [-0.25, -0.2) is 0 Å². The number of phenolic OH excluding ortho intramolecular Hbond substituents is 2. The number of aliphatic imine (C=N–C) groups is 2. The van der Waals surface area contributed by atoms with Crippen LogP contribution < -0.4 is 14.7 Å². The summed E-state index contributed by atoms with van der Waals surface area (Å²) in [4.78, 5) is 16.0. The average molecular weight is 834 g/mol. The van der Waals surface area contributed by atoms with Crippen molar-refractivity contribution in [2.75, 3.05) is 40.9 Å². The molecule has 7 nitrogen and oxygen atoms in total. The molecule has 0 atom stereocenters. The number of nitrogens with zero attached hydrogens (tertiary/aromatic N) is 5. The molecule has 0 saturated carbocycles. The fourth-order valence-corrected chi connectivity index (χ4v) is 7.86. The Bertz CT molecular complexity index is 2400. The Labute approximate surface area is 374 Å². The van der Waals surface area contributed by atoms with E-state index in [9.17, 15) is 10.2 Å². The molecule has 0 amide bonds. The van der Waals surface area contributed by atoms with Crippen molar-refractivity contribution in [1.29, 1.82) is 0 Å². The Kier molecular flexibility index (Phi) is 15.1. The number of phenols is 2. The van der Waals surface area contributed by atoms with Crippen molar-refractivity contribution in [3.63, 3.8) is 0 Å². The van der Waals surface area contributed by atoms with E-state index in [2.05, 4.69) is 156 Å². The number of para-hydroxylation sites is 1. The smallest absolute Gasteiger partial charge is 0.126 e. The number of benzene rings is 7. The highest BCUT2D eigenvalue weighted by molar-refractivity contribution is 5.87. The van der Waals surface area contributed by atoms with E-state index in [0.717, 1.165) is 91.7 Å². The second-order valence-corrected chi connectivity index (χ2v) is 15.7. The maximum atomic E-state index is 10.6. The van der Waals surface area contributed by atoms with Gasteiger partial charge in [0.2, 0.25) is 0 Å². The first-order valence-electron chi connectivity index (χ1n) is 22.3. The lowest BCUT2D eigenvalue weighted by Gasteiger charge is -2.26. The number of hydrogen-bond donors (Lipinski definition) is 2. The minimum Gasteiger partial charge on any atom is -0.507 e. The molecule has 0 radical (unpaired) electrons. The molecule has 2 N–H and O–H groups in total. The molecule has 7 heteroatoms. The summed E-state index contributed by atoms with van der Waals surface area (Å²) >= 11 is 0. The van der Waals surface area contributed by atoms with Crippen molar-refractivity contribution >= 4 is 52.2 Å². The summed E-state index contributed by atoms with van der Waals surface area (Å²) in [5.74, 6) is 0.474. The summed E-state index contributed by atoms with van der Waals surface area (Å²) in [6.07, 6.45) is 7.18. The molecule has 7 rings (SSSR count). The number of aromatic hydroxyl groups is 2. The molecular weight excluding hydrogens is 775 g/mol. The zero-order valence-electron chi connectivity index (χ0n) is 37.0. The van der Waals surface area contributed by atoms with E-state index in [4.69, 9.17) is 0 Å². The van der Waals surface area contributed by atoms with Crippen LogP contribution >= 0.6 is 0 Å². The van der Waals surface area contributed by atoms with E-state index in [0.29, 0.717) is 11.1 Å². The average Bonchev–Trinajstić information content (AvgIpc) is 3.32. The van der Waals surface area contributed by atoms with Crippen LogP contribution in [0.2, 0.25) is 0 Å². The van der Waals surface area contributed by atoms with Gasteiger partial charge in [0, 0.05) is 90.3 Å². The van der Waals surface area contributed by atoms with Crippen LogP contribution in [0.1, 0.15) is 61.1 Å². The van der Waals surface area contributed by atoms with Crippen molar-refractivity contribution in [3.8, 4) is 11.5 Å². The summed E-state index contributed by atoms with van der Waals surface area (Å²) in [7, 11) is 0. The molecule has 0 unspecified atom stereocenters. The monoisotopic (exact) mass is 833 g/mol. The predicted octanol–water partition coefficient (Wildman–Crippen LogP) is 13.3. The molecule has 0 aromatic heterocycles. The minimum absolute atomic E-state index is 0.237. The molecule has 0 aliphatic carbocycles. The van der Waals surface area contributed by atoms with E-state index >= 15 is 0 Å². The first-order valence-corrected chi connectivity index (χ1v) is 22.3. The Balaban J connectivity index is 0.935. The zero-order valence-corrected chi connectivity index (χ0v) is 37.0. The van der Waals surface area contributed by atoms with E-state index in [1.165, 1.54) is 22.3 Å². The molecule has 0 fully saturated rings. The van der Waals surface area contributed by atoms with Crippen LogP contribution in [0.15, 0.2) is 174 Å². The normalized spacial score (nSPS) is 11.4. The molecule has 0 aliphatic heterocycles. The predicted molar refractivity (Wildman–Crippen MR) is 267 cm³/mol. The standard InChI is InChI=1S/C56H59N5O2/c1-5-59(6-2)53-36-26-46(55(62)38-53)40-57-48-28-18-42(19-29-48)14-16-44-22-32-51(33-23-44)61(50-12-10-9-11-13-50)52-34-24-45(25-35-52)17-15-43-20-30-49(31-21-43)58-41-47-27-37-54(39-56(47)63)60(7-3)8-4/h9-13,18-41,62-63H,5-8,14-17H2,1-4H3. The van der Waals surface area contributed by atoms with E-state index in [-0.39, 0.29) is 11.5 Å². The third-order valence-electron chi connectivity index (χ3n) is 11.7. The Morgan fingerprint density at radius 2 is 0.698 bits per heavy atom. The van der Waals surface area contributed by atoms with Crippen LogP contribution in [0.4, 0.5) is 39.8 Å². The van der Waals surface area contributed by atoms with Gasteiger partial charge in [-0.05, 0) is 161 Å². The minimum atomic E-state index is 0.237. The molecule has 0 heterocycles. The molecule has 7 aromatic rings. The first-order chi connectivity index (χ1) is 30.8. The summed E-state index contributed by atoms with van der Waals surface area (Å²) in [6, 6.07) is 56.6. The van der Waals surface area contributed by atoms with Gasteiger partial charge < -0.3 is 24.9 Å². The third-order valence-corrected chi connectivity index (χ3v) is 11.7. The second kappa shape index (κ2) is 21.6. The summed E-state index contributed by atoms with van der Waals surface area (Å²) in [6.45, 7) is 12.0. The SMILES string of the molecule is CCN(CC)c1ccc(C=Nc2ccc(CCc3ccc(N(c4ccccc4)c4ccc(CCc5ccc(N=Cc6ccc(N(CC)CC)cc6O)cc5)cc4)cc3)cc2)c(O)c1. The van der Waals surface area contributed by atoms with Crippen molar-refractivity contribution in [3.05, 3.63) is 197 Å². The maximum Gasteiger partial charge on any atom is 0.126 e. The topological polar surface area (TPSA) is 74.9 Å². The van der Waals surface area contributed by atoms with Crippen molar-refractivity contribution < 1.29 is 10.2 Å². The van der Waals surface area contributed by atoms with E-state index in [1.807, 2.05) is 60.7 Å². The van der Waals surface area contributed by atoms with Crippen LogP contribution in [0.3, 0.4) is 0 Å². The Morgan fingerprint density at radius 1 is 0.381 bits per heavy atom. The second-order valence-electron chi connectivity index (χ2n) is 15.7. The molecule has 0 aliphatic rings.